The van der Waals surface area contributed by atoms with E-state index in [2.05, 4.69) is 5.32 Å². The Morgan fingerprint density at radius 2 is 1.78 bits per heavy atom. The van der Waals surface area contributed by atoms with Crippen molar-refractivity contribution in [3.05, 3.63) is 60.2 Å². The fraction of sp³-hybridized carbons (Fsp3) is 0.133. The molecule has 0 fully saturated rings. The molecule has 2 rings (SSSR count). The second-order valence-corrected chi connectivity index (χ2v) is 6.68. The summed E-state index contributed by atoms with van der Waals surface area (Å²) >= 11 is 0. The number of halogens is 2. The first-order valence-electron chi connectivity index (χ1n) is 6.55. The van der Waals surface area contributed by atoms with Crippen LogP contribution in [-0.2, 0) is 14.8 Å². The zero-order chi connectivity index (χ0) is 17.0. The average molecular weight is 340 g/mol. The van der Waals surface area contributed by atoms with Gasteiger partial charge in [0.2, 0.25) is 15.9 Å². The topological polar surface area (TPSA) is 66.5 Å². The number of hydrogen-bond donors (Lipinski definition) is 1. The van der Waals surface area contributed by atoms with Gasteiger partial charge >= 0.3 is 0 Å². The number of nitrogens with zero attached hydrogens (tertiary/aromatic N) is 1. The zero-order valence-corrected chi connectivity index (χ0v) is 13.0. The number of sulfonamides is 1. The summed E-state index contributed by atoms with van der Waals surface area (Å²) in [5, 5.41) is 2.22. The Hall–Kier alpha value is -2.48. The lowest BCUT2D eigenvalue weighted by atomic mass is 10.3. The molecule has 0 saturated carbocycles. The van der Waals surface area contributed by atoms with Crippen molar-refractivity contribution >= 4 is 27.3 Å². The normalized spacial score (nSPS) is 11.1. The van der Waals surface area contributed by atoms with Crippen LogP contribution in [0, 0.1) is 11.6 Å². The predicted octanol–water partition coefficient (Wildman–Crippen LogP) is 2.37. The Balaban J connectivity index is 2.19. The highest BCUT2D eigenvalue weighted by molar-refractivity contribution is 7.92. The third-order valence-electron chi connectivity index (χ3n) is 2.94. The monoisotopic (exact) mass is 340 g/mol. The molecule has 1 N–H and O–H groups in total. The average Bonchev–Trinajstić information content (AvgIpc) is 2.47. The quantitative estimate of drug-likeness (QED) is 0.909. The van der Waals surface area contributed by atoms with Gasteiger partial charge in [0.1, 0.15) is 18.2 Å². The van der Waals surface area contributed by atoms with E-state index >= 15 is 0 Å². The number of rotatable bonds is 5. The molecule has 0 bridgehead atoms. The molecule has 23 heavy (non-hydrogen) atoms. The summed E-state index contributed by atoms with van der Waals surface area (Å²) in [5.41, 5.74) is 0.0858. The minimum atomic E-state index is -3.70. The van der Waals surface area contributed by atoms with Gasteiger partial charge in [-0.25, -0.2) is 17.2 Å². The minimum Gasteiger partial charge on any atom is -0.322 e. The van der Waals surface area contributed by atoms with Crippen molar-refractivity contribution in [2.24, 2.45) is 0 Å². The molecule has 0 radical (unpaired) electrons. The number of benzene rings is 2. The lowest BCUT2D eigenvalue weighted by Gasteiger charge is -2.21. The number of hydrogen-bond acceptors (Lipinski definition) is 3. The molecule has 2 aromatic rings. The maximum Gasteiger partial charge on any atom is 0.245 e. The van der Waals surface area contributed by atoms with Crippen molar-refractivity contribution < 1.29 is 22.0 Å². The van der Waals surface area contributed by atoms with Gasteiger partial charge in [-0.15, -0.1) is 0 Å². The fourth-order valence-electron chi connectivity index (χ4n) is 1.91. The Labute approximate surface area is 132 Å². The number of nitrogens with one attached hydrogen (secondary N) is 1. The molecule has 0 saturated heterocycles. The lowest BCUT2D eigenvalue weighted by molar-refractivity contribution is -0.114. The fourth-order valence-corrected chi connectivity index (χ4v) is 2.76. The molecule has 5 nitrogen and oxygen atoms in total. The van der Waals surface area contributed by atoms with E-state index in [-0.39, 0.29) is 5.69 Å². The zero-order valence-electron chi connectivity index (χ0n) is 12.2. The van der Waals surface area contributed by atoms with Crippen molar-refractivity contribution in [3.63, 3.8) is 0 Å². The van der Waals surface area contributed by atoms with Gasteiger partial charge in [-0.05, 0) is 24.3 Å². The second-order valence-electron chi connectivity index (χ2n) is 4.78. The van der Waals surface area contributed by atoms with Crippen LogP contribution < -0.4 is 9.62 Å². The molecular formula is C15H14F2N2O3S. The van der Waals surface area contributed by atoms with Gasteiger partial charge in [0.05, 0.1) is 17.6 Å². The van der Waals surface area contributed by atoms with Crippen molar-refractivity contribution in [1.29, 1.82) is 0 Å². The highest BCUT2D eigenvalue weighted by Crippen LogP contribution is 2.18. The first-order valence-corrected chi connectivity index (χ1v) is 8.40. The summed E-state index contributed by atoms with van der Waals surface area (Å²) in [6.07, 6.45) is 0.964. The van der Waals surface area contributed by atoms with Crippen molar-refractivity contribution in [1.82, 2.24) is 0 Å². The smallest absolute Gasteiger partial charge is 0.245 e. The number of amides is 1. The molecule has 1 amide bonds. The maximum atomic E-state index is 13.5. The van der Waals surface area contributed by atoms with Gasteiger partial charge in [-0.1, -0.05) is 18.2 Å². The highest BCUT2D eigenvalue weighted by atomic mass is 32.2. The summed E-state index contributed by atoms with van der Waals surface area (Å²) in [5.74, 6) is -2.46. The van der Waals surface area contributed by atoms with Crippen LogP contribution in [0.25, 0.3) is 0 Å². The summed E-state index contributed by atoms with van der Waals surface area (Å²) in [6.45, 7) is -0.528. The third kappa shape index (κ3) is 4.49. The maximum absolute atomic E-state index is 13.5. The summed E-state index contributed by atoms with van der Waals surface area (Å²) in [6, 6.07) is 10.7. The molecular weight excluding hydrogens is 326 g/mol. The van der Waals surface area contributed by atoms with Gasteiger partial charge < -0.3 is 5.32 Å². The van der Waals surface area contributed by atoms with Crippen molar-refractivity contribution in [2.45, 2.75) is 0 Å². The second kappa shape index (κ2) is 6.74. The van der Waals surface area contributed by atoms with Gasteiger partial charge in [-0.2, -0.15) is 0 Å². The molecule has 8 heteroatoms. The van der Waals surface area contributed by atoms with E-state index in [9.17, 15) is 22.0 Å². The molecule has 0 aliphatic carbocycles. The van der Waals surface area contributed by atoms with E-state index in [0.717, 1.165) is 22.7 Å². The van der Waals surface area contributed by atoms with Crippen LogP contribution in [0.15, 0.2) is 48.5 Å². The number of carbonyl (C=O) groups is 1. The third-order valence-corrected chi connectivity index (χ3v) is 4.08. The Kier molecular flexibility index (Phi) is 4.95. The molecule has 0 atom stereocenters. The molecule has 0 aliphatic heterocycles. The van der Waals surface area contributed by atoms with Gasteiger partial charge in [0, 0.05) is 6.07 Å². The molecule has 2 aromatic carbocycles. The molecule has 0 aromatic heterocycles. The van der Waals surface area contributed by atoms with Crippen LogP contribution >= 0.6 is 0 Å². The number of carbonyl (C=O) groups excluding carboxylic acids is 1. The molecule has 0 unspecified atom stereocenters. The van der Waals surface area contributed by atoms with Crippen LogP contribution in [0.1, 0.15) is 0 Å². The van der Waals surface area contributed by atoms with E-state index in [1.54, 1.807) is 18.2 Å². The van der Waals surface area contributed by atoms with E-state index in [0.29, 0.717) is 11.8 Å². The first kappa shape index (κ1) is 16.9. The van der Waals surface area contributed by atoms with E-state index in [1.807, 2.05) is 0 Å². The standard InChI is InChI=1S/C15H14F2N2O3S/c1-23(21,22)19(12-5-3-2-4-6-12)10-15(20)18-14-8-7-11(16)9-13(14)17/h2-9H,10H2,1H3,(H,18,20). The van der Waals surface area contributed by atoms with E-state index < -0.39 is 34.1 Å². The van der Waals surface area contributed by atoms with Crippen LogP contribution in [0.4, 0.5) is 20.2 Å². The van der Waals surface area contributed by atoms with Gasteiger partial charge in [0.25, 0.3) is 0 Å². The number of para-hydroxylation sites is 1. The van der Waals surface area contributed by atoms with E-state index in [4.69, 9.17) is 0 Å². The Bertz CT molecular complexity index is 811. The van der Waals surface area contributed by atoms with Crippen LogP contribution in [-0.4, -0.2) is 27.1 Å². The highest BCUT2D eigenvalue weighted by Gasteiger charge is 2.21. The predicted molar refractivity (Wildman–Crippen MR) is 83.6 cm³/mol. The summed E-state index contributed by atoms with van der Waals surface area (Å²) in [7, 11) is -3.70. The van der Waals surface area contributed by atoms with E-state index in [1.165, 1.54) is 12.1 Å². The SMILES string of the molecule is CS(=O)(=O)N(CC(=O)Nc1ccc(F)cc1F)c1ccccc1. The largest absolute Gasteiger partial charge is 0.322 e. The lowest BCUT2D eigenvalue weighted by Crippen LogP contribution is -2.37. The van der Waals surface area contributed by atoms with Gasteiger partial charge in [0.15, 0.2) is 0 Å². The van der Waals surface area contributed by atoms with Crippen LogP contribution in [0.3, 0.4) is 0 Å². The first-order chi connectivity index (χ1) is 10.8. The summed E-state index contributed by atoms with van der Waals surface area (Å²) in [4.78, 5) is 12.0. The Morgan fingerprint density at radius 3 is 2.35 bits per heavy atom. The molecule has 122 valence electrons. The molecule has 0 heterocycles. The number of anilines is 2. The minimum absolute atomic E-state index is 0.224. The van der Waals surface area contributed by atoms with Crippen molar-refractivity contribution in [3.8, 4) is 0 Å². The molecule has 0 spiro atoms. The van der Waals surface area contributed by atoms with Crippen LogP contribution in [0.5, 0.6) is 0 Å². The van der Waals surface area contributed by atoms with Crippen LogP contribution in [0.2, 0.25) is 0 Å². The summed E-state index contributed by atoms with van der Waals surface area (Å²) < 4.78 is 51.0. The molecule has 0 aliphatic rings. The van der Waals surface area contributed by atoms with Gasteiger partial charge in [-0.3, -0.25) is 9.10 Å². The van der Waals surface area contributed by atoms with Crippen molar-refractivity contribution in [2.75, 3.05) is 22.4 Å². The Morgan fingerprint density at radius 1 is 1.13 bits per heavy atom.